The quantitative estimate of drug-likeness (QED) is 0.464. The van der Waals surface area contributed by atoms with Crippen LogP contribution in [-0.2, 0) is 23.9 Å². The van der Waals surface area contributed by atoms with Gasteiger partial charge in [-0.05, 0) is 65.2 Å². The fraction of sp³-hybridized carbons (Fsp3) is 0.800. The molecule has 4 N–H and O–H groups in total. The molecular weight excluding hydrogens is 380 g/mol. The highest BCUT2D eigenvalue weighted by molar-refractivity contribution is 6.27. The second-order valence-corrected chi connectivity index (χ2v) is 8.82. The van der Waals surface area contributed by atoms with Crippen LogP contribution >= 0.6 is 0 Å². The Hall–Kier alpha value is -2.16. The van der Waals surface area contributed by atoms with E-state index in [1.165, 1.54) is 12.8 Å². The van der Waals surface area contributed by atoms with E-state index in [0.717, 1.165) is 25.7 Å². The summed E-state index contributed by atoms with van der Waals surface area (Å²) in [5, 5.41) is 14.8. The van der Waals surface area contributed by atoms with E-state index in [1.54, 1.807) is 11.8 Å². The van der Waals surface area contributed by atoms with Crippen LogP contribution in [-0.4, -0.2) is 63.2 Å². The van der Waals surface area contributed by atoms with Crippen LogP contribution in [0.5, 0.6) is 0 Å². The number of rotatable bonds is 4. The highest BCUT2D eigenvalue weighted by Crippen LogP contribution is 2.42. The summed E-state index contributed by atoms with van der Waals surface area (Å²) in [6, 6.07) is -0.427. The van der Waals surface area contributed by atoms with Gasteiger partial charge in [-0.2, -0.15) is 0 Å². The Bertz CT molecular complexity index is 578. The minimum Gasteiger partial charge on any atom is -0.473 e. The Balaban J connectivity index is 0.000000612. The fourth-order valence-electron chi connectivity index (χ4n) is 4.25. The van der Waals surface area contributed by atoms with E-state index in [0.29, 0.717) is 11.8 Å². The van der Waals surface area contributed by atoms with Gasteiger partial charge in [-0.3, -0.25) is 9.59 Å². The Morgan fingerprint density at radius 2 is 1.41 bits per heavy atom. The van der Waals surface area contributed by atoms with Gasteiger partial charge in [-0.15, -0.1) is 0 Å². The third kappa shape index (κ3) is 8.00. The van der Waals surface area contributed by atoms with Crippen molar-refractivity contribution >= 4 is 23.8 Å². The molecule has 2 aliphatic carbocycles. The molecule has 2 rings (SSSR count). The van der Waals surface area contributed by atoms with Crippen molar-refractivity contribution in [3.05, 3.63) is 0 Å². The lowest BCUT2D eigenvalue weighted by molar-refractivity contribution is -0.162. The molecule has 0 spiro atoms. The lowest BCUT2D eigenvalue weighted by Gasteiger charge is -2.48. The molecule has 2 aliphatic rings. The number of nitrogens with zero attached hydrogens (tertiary/aromatic N) is 1. The van der Waals surface area contributed by atoms with E-state index in [2.05, 4.69) is 0 Å². The number of fused-ring (bicyclic) bond motifs is 2. The largest absolute Gasteiger partial charge is 0.473 e. The molecule has 0 saturated heterocycles. The lowest BCUT2D eigenvalue weighted by Crippen LogP contribution is -2.57. The molecule has 29 heavy (non-hydrogen) atoms. The number of carboxylic acids is 2. The maximum Gasteiger partial charge on any atom is 0.414 e. The van der Waals surface area contributed by atoms with Crippen molar-refractivity contribution < 1.29 is 34.1 Å². The van der Waals surface area contributed by atoms with E-state index in [-0.39, 0.29) is 24.5 Å². The van der Waals surface area contributed by atoms with E-state index in [9.17, 15) is 9.59 Å². The number of carbonyl (C=O) groups is 4. The Labute approximate surface area is 171 Å². The predicted molar refractivity (Wildman–Crippen MR) is 105 cm³/mol. The van der Waals surface area contributed by atoms with Crippen LogP contribution in [0, 0.1) is 11.8 Å². The molecule has 0 heterocycles. The molecule has 9 heteroatoms. The van der Waals surface area contributed by atoms with Gasteiger partial charge in [0.05, 0.1) is 6.04 Å². The molecule has 9 nitrogen and oxygen atoms in total. The van der Waals surface area contributed by atoms with Crippen LogP contribution in [0.15, 0.2) is 0 Å². The summed E-state index contributed by atoms with van der Waals surface area (Å²) >= 11 is 0. The van der Waals surface area contributed by atoms with Crippen LogP contribution in [0.4, 0.5) is 0 Å². The Kier molecular flexibility index (Phi) is 9.07. The predicted octanol–water partition coefficient (Wildman–Crippen LogP) is 1.63. The smallest absolute Gasteiger partial charge is 0.414 e. The molecule has 1 amide bonds. The SMILES string of the molecule is C[C@H](N)C(=O)N(CC(=O)OC(C)(C)C)C1C2CCCC1CCC2.O=C(O)C(=O)O. The third-order valence-electron chi connectivity index (χ3n) is 5.20. The van der Waals surface area contributed by atoms with Crippen molar-refractivity contribution in [1.29, 1.82) is 0 Å². The lowest BCUT2D eigenvalue weighted by atomic mass is 9.67. The van der Waals surface area contributed by atoms with E-state index in [1.807, 2.05) is 20.8 Å². The highest BCUT2D eigenvalue weighted by Gasteiger charge is 2.43. The number of aliphatic carboxylic acids is 2. The first-order valence-corrected chi connectivity index (χ1v) is 10.1. The monoisotopic (exact) mass is 414 g/mol. The Morgan fingerprint density at radius 3 is 1.72 bits per heavy atom. The first-order valence-electron chi connectivity index (χ1n) is 10.1. The fourth-order valence-corrected chi connectivity index (χ4v) is 4.25. The number of carboxylic acid groups (broad SMARTS) is 2. The van der Waals surface area contributed by atoms with Gasteiger partial charge in [0.1, 0.15) is 12.1 Å². The van der Waals surface area contributed by atoms with E-state index in [4.69, 9.17) is 30.3 Å². The number of ether oxygens (including phenoxy) is 1. The molecule has 0 aliphatic heterocycles. The zero-order valence-corrected chi connectivity index (χ0v) is 17.7. The molecule has 166 valence electrons. The summed E-state index contributed by atoms with van der Waals surface area (Å²) in [7, 11) is 0. The van der Waals surface area contributed by atoms with Gasteiger partial charge < -0.3 is 25.6 Å². The summed E-state index contributed by atoms with van der Waals surface area (Å²) in [5.41, 5.74) is 5.31. The van der Waals surface area contributed by atoms with Crippen molar-refractivity contribution in [3.63, 3.8) is 0 Å². The van der Waals surface area contributed by atoms with E-state index >= 15 is 0 Å². The zero-order chi connectivity index (χ0) is 22.4. The molecule has 0 unspecified atom stereocenters. The van der Waals surface area contributed by atoms with Crippen LogP contribution in [0.2, 0.25) is 0 Å². The number of hydrogen-bond acceptors (Lipinski definition) is 6. The van der Waals surface area contributed by atoms with Gasteiger partial charge in [0.25, 0.3) is 0 Å². The maximum atomic E-state index is 12.7. The van der Waals surface area contributed by atoms with Gasteiger partial charge in [0.2, 0.25) is 5.91 Å². The highest BCUT2D eigenvalue weighted by atomic mass is 16.6. The van der Waals surface area contributed by atoms with Crippen LogP contribution in [0.25, 0.3) is 0 Å². The Morgan fingerprint density at radius 1 is 1.00 bits per heavy atom. The summed E-state index contributed by atoms with van der Waals surface area (Å²) in [6.45, 7) is 7.26. The van der Waals surface area contributed by atoms with Gasteiger partial charge in [-0.25, -0.2) is 9.59 Å². The molecule has 2 saturated carbocycles. The summed E-state index contributed by atoms with van der Waals surface area (Å²) < 4.78 is 5.44. The van der Waals surface area contributed by atoms with Crippen molar-refractivity contribution in [2.75, 3.05) is 6.54 Å². The van der Waals surface area contributed by atoms with Gasteiger partial charge >= 0.3 is 17.9 Å². The standard InChI is InChI=1S/C18H32N2O3.C2H2O4/c1-12(19)17(22)20(11-15(21)23-18(2,3)4)16-13-7-5-8-14(16)10-6-9-13;3-1(4)2(5)6/h12-14,16H,5-11,19H2,1-4H3;(H,3,4)(H,5,6)/t12-,13?,14?,16?;/m0./s1. The molecule has 0 radical (unpaired) electrons. The third-order valence-corrected chi connectivity index (χ3v) is 5.20. The second-order valence-electron chi connectivity index (χ2n) is 8.82. The van der Waals surface area contributed by atoms with Gasteiger partial charge in [-0.1, -0.05) is 12.8 Å². The van der Waals surface area contributed by atoms with Gasteiger partial charge in [0.15, 0.2) is 0 Å². The summed E-state index contributed by atoms with van der Waals surface area (Å²) in [5.74, 6) is -3.10. The topological polar surface area (TPSA) is 147 Å². The molecule has 0 aromatic carbocycles. The molecule has 2 bridgehead atoms. The number of amides is 1. The average Bonchev–Trinajstić information content (AvgIpc) is 2.57. The summed E-state index contributed by atoms with van der Waals surface area (Å²) in [6.07, 6.45) is 7.07. The molecule has 0 aromatic heterocycles. The molecular formula is C20H34N2O7. The van der Waals surface area contributed by atoms with Crippen molar-refractivity contribution in [1.82, 2.24) is 4.90 Å². The number of carbonyl (C=O) groups excluding carboxylic acids is 2. The van der Waals surface area contributed by atoms with Crippen LogP contribution < -0.4 is 5.73 Å². The zero-order valence-electron chi connectivity index (χ0n) is 17.7. The summed E-state index contributed by atoms with van der Waals surface area (Å²) in [4.78, 5) is 44.9. The number of esters is 1. The number of nitrogens with two attached hydrogens (primary N) is 1. The molecule has 1 atom stereocenters. The minimum absolute atomic E-state index is 0.0231. The van der Waals surface area contributed by atoms with Crippen LogP contribution in [0.3, 0.4) is 0 Å². The first-order chi connectivity index (χ1) is 13.3. The van der Waals surface area contributed by atoms with Crippen molar-refractivity contribution in [2.24, 2.45) is 17.6 Å². The van der Waals surface area contributed by atoms with Crippen LogP contribution in [0.1, 0.15) is 66.2 Å². The first kappa shape index (κ1) is 24.9. The molecule has 2 fully saturated rings. The number of hydrogen-bond donors (Lipinski definition) is 3. The molecule has 0 aromatic rings. The van der Waals surface area contributed by atoms with Crippen molar-refractivity contribution in [2.45, 2.75) is 83.9 Å². The maximum absolute atomic E-state index is 12.7. The van der Waals surface area contributed by atoms with Crippen molar-refractivity contribution in [3.8, 4) is 0 Å². The second kappa shape index (κ2) is 10.6. The van der Waals surface area contributed by atoms with E-state index < -0.39 is 23.6 Å². The minimum atomic E-state index is -1.82. The van der Waals surface area contributed by atoms with Gasteiger partial charge in [0, 0.05) is 6.04 Å². The normalized spacial score (nSPS) is 24.4. The average molecular weight is 414 g/mol.